The van der Waals surface area contributed by atoms with Gasteiger partial charge in [-0.15, -0.1) is 0 Å². The largest absolute Gasteiger partial charge is 0.445 e. The molecule has 2 rings (SSSR count). The molecule has 0 aliphatic heterocycles. The Morgan fingerprint density at radius 1 is 1.00 bits per heavy atom. The molecule has 0 heterocycles. The average molecular weight is 384 g/mol. The molecule has 2 aromatic carbocycles. The third-order valence-corrected chi connectivity index (χ3v) is 4.26. The highest BCUT2D eigenvalue weighted by Gasteiger charge is 2.26. The summed E-state index contributed by atoms with van der Waals surface area (Å²) in [6.07, 6.45) is 0.479. The van der Waals surface area contributed by atoms with Gasteiger partial charge in [0.25, 0.3) is 0 Å². The van der Waals surface area contributed by atoms with Crippen molar-refractivity contribution in [1.82, 2.24) is 10.2 Å². The van der Waals surface area contributed by atoms with Gasteiger partial charge in [-0.3, -0.25) is 4.79 Å². The maximum absolute atomic E-state index is 13.0. The standard InChI is InChI=1S/C22H28N2O4/c1-2-13-24(14-15-25)21(26)20(16-18-9-5-3-6-10-18)23-22(27)28-17-19-11-7-4-8-12-19/h3-12,20,25H,2,13-17H2,1H3,(H,23,27)/t20-/m0/s1. The second-order valence-corrected chi connectivity index (χ2v) is 6.50. The van der Waals surface area contributed by atoms with E-state index in [0.717, 1.165) is 17.5 Å². The second kappa shape index (κ2) is 11.8. The number of amides is 2. The molecular weight excluding hydrogens is 356 g/mol. The highest BCUT2D eigenvalue weighted by atomic mass is 16.5. The maximum Gasteiger partial charge on any atom is 0.408 e. The predicted molar refractivity (Wildman–Crippen MR) is 108 cm³/mol. The number of carbonyl (C=O) groups is 2. The summed E-state index contributed by atoms with van der Waals surface area (Å²) in [7, 11) is 0. The lowest BCUT2D eigenvalue weighted by atomic mass is 10.0. The van der Waals surface area contributed by atoms with Crippen LogP contribution in [0.4, 0.5) is 4.79 Å². The van der Waals surface area contributed by atoms with Crippen molar-refractivity contribution in [1.29, 1.82) is 0 Å². The Hall–Kier alpha value is -2.86. The van der Waals surface area contributed by atoms with Crippen LogP contribution in [0.25, 0.3) is 0 Å². The number of nitrogens with zero attached hydrogens (tertiary/aromatic N) is 1. The number of carbonyl (C=O) groups excluding carboxylic acids is 2. The van der Waals surface area contributed by atoms with Gasteiger partial charge in [-0.1, -0.05) is 67.6 Å². The molecule has 2 aromatic rings. The summed E-state index contributed by atoms with van der Waals surface area (Å²) in [4.78, 5) is 26.9. The van der Waals surface area contributed by atoms with Crippen molar-refractivity contribution in [3.05, 3.63) is 71.8 Å². The van der Waals surface area contributed by atoms with Gasteiger partial charge in [0.1, 0.15) is 12.6 Å². The molecule has 0 unspecified atom stereocenters. The van der Waals surface area contributed by atoms with E-state index in [4.69, 9.17) is 4.74 Å². The van der Waals surface area contributed by atoms with Crippen molar-refractivity contribution < 1.29 is 19.4 Å². The van der Waals surface area contributed by atoms with Crippen LogP contribution in [0.5, 0.6) is 0 Å². The monoisotopic (exact) mass is 384 g/mol. The van der Waals surface area contributed by atoms with E-state index in [1.165, 1.54) is 0 Å². The van der Waals surface area contributed by atoms with Gasteiger partial charge < -0.3 is 20.1 Å². The average Bonchev–Trinajstić information content (AvgIpc) is 2.72. The third-order valence-electron chi connectivity index (χ3n) is 4.26. The summed E-state index contributed by atoms with van der Waals surface area (Å²) in [5, 5.41) is 12.0. The van der Waals surface area contributed by atoms with Gasteiger partial charge in [0, 0.05) is 19.5 Å². The molecule has 6 heteroatoms. The van der Waals surface area contributed by atoms with Crippen LogP contribution in [0.1, 0.15) is 24.5 Å². The molecule has 0 bridgehead atoms. The smallest absolute Gasteiger partial charge is 0.408 e. The number of ether oxygens (including phenoxy) is 1. The fourth-order valence-electron chi connectivity index (χ4n) is 2.90. The van der Waals surface area contributed by atoms with Gasteiger partial charge in [0.15, 0.2) is 0 Å². The number of nitrogens with one attached hydrogen (secondary N) is 1. The van der Waals surface area contributed by atoms with E-state index < -0.39 is 12.1 Å². The summed E-state index contributed by atoms with van der Waals surface area (Å²) in [5.41, 5.74) is 1.81. The first-order chi connectivity index (χ1) is 13.6. The number of benzene rings is 2. The molecule has 0 aliphatic carbocycles. The van der Waals surface area contributed by atoms with Crippen LogP contribution in [-0.2, 0) is 22.6 Å². The van der Waals surface area contributed by atoms with Gasteiger partial charge in [-0.05, 0) is 17.5 Å². The van der Waals surface area contributed by atoms with Gasteiger partial charge in [0.05, 0.1) is 6.61 Å². The fourth-order valence-corrected chi connectivity index (χ4v) is 2.90. The summed E-state index contributed by atoms with van der Waals surface area (Å²) in [6.45, 7) is 2.73. The second-order valence-electron chi connectivity index (χ2n) is 6.50. The summed E-state index contributed by atoms with van der Waals surface area (Å²) in [6, 6.07) is 18.1. The van der Waals surface area contributed by atoms with Crippen LogP contribution in [-0.4, -0.2) is 47.7 Å². The number of hydrogen-bond donors (Lipinski definition) is 2. The minimum Gasteiger partial charge on any atom is -0.445 e. The van der Waals surface area contributed by atoms with Crippen LogP contribution in [0, 0.1) is 0 Å². The van der Waals surface area contributed by atoms with E-state index in [-0.39, 0.29) is 25.7 Å². The number of rotatable bonds is 10. The molecule has 150 valence electrons. The molecular formula is C22H28N2O4. The van der Waals surface area contributed by atoms with Crippen LogP contribution >= 0.6 is 0 Å². The van der Waals surface area contributed by atoms with Crippen LogP contribution in [0.2, 0.25) is 0 Å². The zero-order chi connectivity index (χ0) is 20.2. The van der Waals surface area contributed by atoms with Gasteiger partial charge in [0.2, 0.25) is 5.91 Å². The Balaban J connectivity index is 2.05. The zero-order valence-corrected chi connectivity index (χ0v) is 16.2. The highest BCUT2D eigenvalue weighted by molar-refractivity contribution is 5.86. The topological polar surface area (TPSA) is 78.9 Å². The van der Waals surface area contributed by atoms with Crippen molar-refractivity contribution >= 4 is 12.0 Å². The first kappa shape index (κ1) is 21.4. The summed E-state index contributed by atoms with van der Waals surface area (Å²) >= 11 is 0. The van der Waals surface area contributed by atoms with Gasteiger partial charge in [-0.2, -0.15) is 0 Å². The SMILES string of the molecule is CCCN(CCO)C(=O)[C@H](Cc1ccccc1)NC(=O)OCc1ccccc1. The van der Waals surface area contributed by atoms with Crippen LogP contribution in [0.15, 0.2) is 60.7 Å². The van der Waals surface area contributed by atoms with E-state index >= 15 is 0 Å². The molecule has 0 saturated carbocycles. The minimum absolute atomic E-state index is 0.123. The Morgan fingerprint density at radius 3 is 2.18 bits per heavy atom. The highest BCUT2D eigenvalue weighted by Crippen LogP contribution is 2.08. The quantitative estimate of drug-likeness (QED) is 0.660. The van der Waals surface area contributed by atoms with E-state index in [0.29, 0.717) is 13.0 Å². The molecule has 0 aliphatic rings. The van der Waals surface area contributed by atoms with Crippen molar-refractivity contribution in [2.24, 2.45) is 0 Å². The first-order valence-corrected chi connectivity index (χ1v) is 9.54. The number of alkyl carbamates (subject to hydrolysis) is 1. The van der Waals surface area contributed by atoms with Gasteiger partial charge >= 0.3 is 6.09 Å². The summed E-state index contributed by atoms with van der Waals surface area (Å²) in [5.74, 6) is -0.226. The Bertz CT molecular complexity index is 716. The summed E-state index contributed by atoms with van der Waals surface area (Å²) < 4.78 is 5.28. The molecule has 2 N–H and O–H groups in total. The van der Waals surface area contributed by atoms with Gasteiger partial charge in [-0.25, -0.2) is 4.79 Å². The van der Waals surface area contributed by atoms with Crippen molar-refractivity contribution in [2.45, 2.75) is 32.4 Å². The lowest BCUT2D eigenvalue weighted by Crippen LogP contribution is -2.50. The van der Waals surface area contributed by atoms with E-state index in [2.05, 4.69) is 5.32 Å². The van der Waals surface area contributed by atoms with Crippen LogP contribution in [0.3, 0.4) is 0 Å². The molecule has 0 aromatic heterocycles. The van der Waals surface area contributed by atoms with Crippen LogP contribution < -0.4 is 5.32 Å². The first-order valence-electron chi connectivity index (χ1n) is 9.54. The van der Waals surface area contributed by atoms with E-state index in [1.807, 2.05) is 67.6 Å². The molecule has 28 heavy (non-hydrogen) atoms. The molecule has 6 nitrogen and oxygen atoms in total. The normalized spacial score (nSPS) is 11.5. The molecule has 0 radical (unpaired) electrons. The van der Waals surface area contributed by atoms with Crippen molar-refractivity contribution in [3.63, 3.8) is 0 Å². The fraction of sp³-hybridized carbons (Fsp3) is 0.364. The lowest BCUT2D eigenvalue weighted by molar-refractivity contribution is -0.133. The maximum atomic E-state index is 13.0. The van der Waals surface area contributed by atoms with Crippen molar-refractivity contribution in [3.8, 4) is 0 Å². The Labute approximate surface area is 166 Å². The molecule has 0 saturated heterocycles. The molecule has 0 fully saturated rings. The minimum atomic E-state index is -0.760. The zero-order valence-electron chi connectivity index (χ0n) is 16.2. The molecule has 1 atom stereocenters. The van der Waals surface area contributed by atoms with E-state index in [9.17, 15) is 14.7 Å². The predicted octanol–water partition coefficient (Wildman–Crippen LogP) is 2.76. The number of aliphatic hydroxyl groups is 1. The van der Waals surface area contributed by atoms with Crippen molar-refractivity contribution in [2.75, 3.05) is 19.7 Å². The van der Waals surface area contributed by atoms with E-state index in [1.54, 1.807) is 4.90 Å². The number of aliphatic hydroxyl groups excluding tert-OH is 1. The lowest BCUT2D eigenvalue weighted by Gasteiger charge is -2.27. The number of hydrogen-bond acceptors (Lipinski definition) is 4. The molecule has 2 amide bonds. The Morgan fingerprint density at radius 2 is 1.61 bits per heavy atom. The Kier molecular flexibility index (Phi) is 9.01. The molecule has 0 spiro atoms. The third kappa shape index (κ3) is 7.04.